The van der Waals surface area contributed by atoms with Crippen molar-refractivity contribution in [2.45, 2.75) is 13.8 Å². The lowest BCUT2D eigenvalue weighted by atomic mass is 9.82. The predicted molar refractivity (Wildman–Crippen MR) is 209 cm³/mol. The van der Waals surface area contributed by atoms with Crippen LogP contribution >= 0.6 is 23.8 Å². The van der Waals surface area contributed by atoms with Crippen molar-refractivity contribution in [2.24, 2.45) is 11.3 Å². The quantitative estimate of drug-likeness (QED) is 0.109. The normalized spacial score (nSPS) is 11.9. The summed E-state index contributed by atoms with van der Waals surface area (Å²) in [4.78, 5) is 0. The third-order valence-electron chi connectivity index (χ3n) is 9.05. The minimum absolute atomic E-state index is 0.0756. The lowest BCUT2D eigenvalue weighted by Crippen LogP contribution is -2.42. The van der Waals surface area contributed by atoms with Crippen LogP contribution in [0, 0.1) is 11.3 Å². The van der Waals surface area contributed by atoms with E-state index in [9.17, 15) is 0 Å². The molecule has 6 aromatic carbocycles. The lowest BCUT2D eigenvalue weighted by Gasteiger charge is -2.45. The van der Waals surface area contributed by atoms with Crippen LogP contribution in [0.2, 0.25) is 0 Å². The van der Waals surface area contributed by atoms with E-state index >= 15 is 0 Å². The predicted octanol–water partition coefficient (Wildman–Crippen LogP) is 9.03. The molecule has 0 aliphatic rings. The van der Waals surface area contributed by atoms with Gasteiger partial charge in [0.1, 0.15) is 0 Å². The highest BCUT2D eigenvalue weighted by atomic mass is 31.1. The van der Waals surface area contributed by atoms with Gasteiger partial charge in [-0.25, -0.2) is 0 Å². The van der Waals surface area contributed by atoms with Gasteiger partial charge in [-0.3, -0.25) is 0 Å². The Morgan fingerprint density at radius 3 is 0.652 bits per heavy atom. The molecule has 0 radical (unpaired) electrons. The van der Waals surface area contributed by atoms with E-state index in [2.05, 4.69) is 196 Å². The van der Waals surface area contributed by atoms with Crippen molar-refractivity contribution in [1.29, 1.82) is 0 Å². The zero-order chi connectivity index (χ0) is 31.6. The molecule has 0 spiro atoms. The highest BCUT2D eigenvalue weighted by Crippen LogP contribution is 2.55. The van der Waals surface area contributed by atoms with Crippen molar-refractivity contribution in [3.05, 3.63) is 182 Å². The van der Waals surface area contributed by atoms with Crippen molar-refractivity contribution < 1.29 is 0 Å². The maximum Gasteiger partial charge on any atom is -0.0139 e. The molecule has 0 heterocycles. The third kappa shape index (κ3) is 7.93. The molecule has 3 heteroatoms. The Kier molecular flexibility index (Phi) is 11.3. The molecule has 0 amide bonds. The second-order valence-electron chi connectivity index (χ2n) is 12.3. The maximum atomic E-state index is 2.51. The fourth-order valence-electron chi connectivity index (χ4n) is 6.28. The molecule has 0 bridgehead atoms. The molecule has 0 aliphatic heterocycles. The van der Waals surface area contributed by atoms with Gasteiger partial charge in [0.2, 0.25) is 0 Å². The number of rotatable bonds is 13. The second kappa shape index (κ2) is 15.9. The molecule has 0 nitrogen and oxygen atoms in total. The number of hydrogen-bond donors (Lipinski definition) is 0. The molecular formula is C43H43P3. The molecule has 0 saturated carbocycles. The SMILES string of the molecule is CC(C)C(CP(c1ccccc1)c1ccccc1)(CP(c1ccccc1)c1ccccc1)CP(c1ccccc1)c1ccccc1. The first-order chi connectivity index (χ1) is 22.6. The van der Waals surface area contributed by atoms with Crippen LogP contribution in [0.5, 0.6) is 0 Å². The summed E-state index contributed by atoms with van der Waals surface area (Å²) in [5, 5.41) is 8.84. The Morgan fingerprint density at radius 2 is 0.500 bits per heavy atom. The van der Waals surface area contributed by atoms with Crippen molar-refractivity contribution in [1.82, 2.24) is 0 Å². The maximum absolute atomic E-state index is 2.51. The Hall–Kier alpha value is -3.39. The van der Waals surface area contributed by atoms with E-state index in [1.54, 1.807) is 0 Å². The molecule has 6 rings (SSSR count). The first-order valence-corrected chi connectivity index (χ1v) is 20.8. The molecule has 0 atom stereocenters. The van der Waals surface area contributed by atoms with E-state index in [0.29, 0.717) is 5.92 Å². The van der Waals surface area contributed by atoms with Gasteiger partial charge in [-0.2, -0.15) is 0 Å². The highest BCUT2D eigenvalue weighted by Gasteiger charge is 2.42. The largest absolute Gasteiger partial charge is 0.0622 e. The van der Waals surface area contributed by atoms with Crippen LogP contribution in [0.15, 0.2) is 182 Å². The molecule has 0 unspecified atom stereocenters. The highest BCUT2D eigenvalue weighted by molar-refractivity contribution is 7.75. The summed E-state index contributed by atoms with van der Waals surface area (Å²) in [6.07, 6.45) is 3.47. The molecule has 6 aromatic rings. The first-order valence-electron chi connectivity index (χ1n) is 16.3. The van der Waals surface area contributed by atoms with Crippen LogP contribution in [-0.4, -0.2) is 18.5 Å². The van der Waals surface area contributed by atoms with Crippen LogP contribution in [0.4, 0.5) is 0 Å². The molecule has 0 aromatic heterocycles. The first kappa shape index (κ1) is 32.5. The summed E-state index contributed by atoms with van der Waals surface area (Å²) in [6, 6.07) is 68.2. The van der Waals surface area contributed by atoms with Gasteiger partial charge < -0.3 is 0 Å². The third-order valence-corrected chi connectivity index (χ3v) is 17.4. The van der Waals surface area contributed by atoms with E-state index in [1.807, 2.05) is 0 Å². The fraction of sp³-hybridized carbons (Fsp3) is 0.163. The monoisotopic (exact) mass is 652 g/mol. The van der Waals surface area contributed by atoms with Crippen LogP contribution in [-0.2, 0) is 0 Å². The molecule has 0 saturated heterocycles. The van der Waals surface area contributed by atoms with Crippen molar-refractivity contribution >= 4 is 55.6 Å². The second-order valence-corrected chi connectivity index (χ2v) is 18.9. The fourth-order valence-corrected chi connectivity index (χ4v) is 15.7. The molecule has 0 fully saturated rings. The molecule has 0 N–H and O–H groups in total. The van der Waals surface area contributed by atoms with E-state index in [0.717, 1.165) is 18.5 Å². The Morgan fingerprint density at radius 1 is 0.326 bits per heavy atom. The van der Waals surface area contributed by atoms with Crippen LogP contribution in [0.1, 0.15) is 13.8 Å². The van der Waals surface area contributed by atoms with Crippen molar-refractivity contribution in [3.8, 4) is 0 Å². The van der Waals surface area contributed by atoms with Crippen molar-refractivity contribution in [2.75, 3.05) is 18.5 Å². The minimum Gasteiger partial charge on any atom is -0.0622 e. The average molecular weight is 653 g/mol. The standard InChI is InChI=1S/C43H43P3/c1-36(2)43(33-44(37-21-9-3-10-22-37)38-23-11-4-12-24-38,34-45(39-25-13-5-14-26-39)40-27-15-6-16-28-40)35-46(41-29-17-7-18-30-41)42-31-19-8-20-32-42/h3-32,36H,33-35H2,1-2H3. The van der Waals surface area contributed by atoms with Gasteiger partial charge in [-0.15, -0.1) is 0 Å². The number of hydrogen-bond acceptors (Lipinski definition) is 0. The molecular weight excluding hydrogens is 609 g/mol. The van der Waals surface area contributed by atoms with Crippen molar-refractivity contribution in [3.63, 3.8) is 0 Å². The van der Waals surface area contributed by atoms with Crippen LogP contribution < -0.4 is 31.8 Å². The Labute approximate surface area is 280 Å². The minimum atomic E-state index is -0.587. The summed E-state index contributed by atoms with van der Waals surface area (Å²) < 4.78 is 0. The van der Waals surface area contributed by atoms with Gasteiger partial charge in [0.25, 0.3) is 0 Å². The van der Waals surface area contributed by atoms with Gasteiger partial charge in [0, 0.05) is 0 Å². The lowest BCUT2D eigenvalue weighted by molar-refractivity contribution is 0.303. The van der Waals surface area contributed by atoms with E-state index in [1.165, 1.54) is 31.8 Å². The number of benzene rings is 6. The summed E-state index contributed by atoms with van der Waals surface area (Å²) >= 11 is 0. The molecule has 230 valence electrons. The Bertz CT molecular complexity index is 1400. The van der Waals surface area contributed by atoms with Crippen LogP contribution in [0.25, 0.3) is 0 Å². The van der Waals surface area contributed by atoms with Crippen LogP contribution in [0.3, 0.4) is 0 Å². The smallest absolute Gasteiger partial charge is 0.0139 e. The average Bonchev–Trinajstić information content (AvgIpc) is 3.13. The molecule has 0 aliphatic carbocycles. The molecule has 46 heavy (non-hydrogen) atoms. The summed E-state index contributed by atoms with van der Waals surface area (Å²) in [7, 11) is -1.76. The zero-order valence-electron chi connectivity index (χ0n) is 26.9. The van der Waals surface area contributed by atoms with Gasteiger partial charge in [-0.05, 0) is 85.4 Å². The van der Waals surface area contributed by atoms with E-state index in [4.69, 9.17) is 0 Å². The Balaban J connectivity index is 1.54. The summed E-state index contributed by atoms with van der Waals surface area (Å²) in [6.45, 7) is 5.02. The van der Waals surface area contributed by atoms with Gasteiger partial charge >= 0.3 is 0 Å². The van der Waals surface area contributed by atoms with Gasteiger partial charge in [0.15, 0.2) is 0 Å². The topological polar surface area (TPSA) is 0 Å². The summed E-state index contributed by atoms with van der Waals surface area (Å²) in [5.74, 6) is 0.486. The van der Waals surface area contributed by atoms with E-state index in [-0.39, 0.29) is 5.41 Å². The van der Waals surface area contributed by atoms with E-state index < -0.39 is 23.8 Å². The van der Waals surface area contributed by atoms with Gasteiger partial charge in [0.05, 0.1) is 0 Å². The summed E-state index contributed by atoms with van der Waals surface area (Å²) in [5.41, 5.74) is 0.0756. The zero-order valence-corrected chi connectivity index (χ0v) is 29.5. The van der Waals surface area contributed by atoms with Gasteiger partial charge in [-0.1, -0.05) is 196 Å².